The molecule has 0 aliphatic carbocycles. The Bertz CT molecular complexity index is 408. The first-order valence-corrected chi connectivity index (χ1v) is 5.46. The van der Waals surface area contributed by atoms with Gasteiger partial charge in [-0.1, -0.05) is 36.9 Å². The second-order valence-corrected chi connectivity index (χ2v) is 3.35. The zero-order chi connectivity index (χ0) is 13.2. The van der Waals surface area contributed by atoms with Gasteiger partial charge < -0.3 is 14.8 Å². The first-order valence-electron chi connectivity index (χ1n) is 5.46. The second-order valence-electron chi connectivity index (χ2n) is 3.35. The van der Waals surface area contributed by atoms with Crippen molar-refractivity contribution in [2.24, 2.45) is 0 Å². The fourth-order valence-electron chi connectivity index (χ4n) is 1.16. The Labute approximate surface area is 107 Å². The summed E-state index contributed by atoms with van der Waals surface area (Å²) in [4.78, 5) is 21.9. The van der Waals surface area contributed by atoms with Gasteiger partial charge in [-0.15, -0.1) is 0 Å². The van der Waals surface area contributed by atoms with Crippen molar-refractivity contribution in [1.29, 1.82) is 0 Å². The van der Waals surface area contributed by atoms with Gasteiger partial charge >= 0.3 is 12.1 Å². The largest absolute Gasteiger partial charge is 0.459 e. The predicted octanol–water partition coefficient (Wildman–Crippen LogP) is 1.89. The summed E-state index contributed by atoms with van der Waals surface area (Å²) in [6.45, 7) is 3.67. The van der Waals surface area contributed by atoms with Crippen LogP contribution in [0.1, 0.15) is 6.99 Å². The summed E-state index contributed by atoms with van der Waals surface area (Å²) in [7, 11) is 0. The van der Waals surface area contributed by atoms with Gasteiger partial charge in [0, 0.05) is 14.0 Å². The van der Waals surface area contributed by atoms with Crippen molar-refractivity contribution in [2.75, 3.05) is 13.2 Å². The molecule has 0 aliphatic rings. The van der Waals surface area contributed by atoms with Crippen molar-refractivity contribution in [1.82, 2.24) is 5.32 Å². The van der Waals surface area contributed by atoms with Gasteiger partial charge in [-0.25, -0.2) is 9.59 Å². The van der Waals surface area contributed by atoms with Crippen LogP contribution in [0.3, 0.4) is 0 Å². The maximum atomic E-state index is 11.2. The molecule has 1 amide bonds. The zero-order valence-electron chi connectivity index (χ0n) is 9.93. The van der Waals surface area contributed by atoms with Gasteiger partial charge in [0.1, 0.15) is 13.2 Å². The summed E-state index contributed by atoms with van der Waals surface area (Å²) in [6, 6.07) is 9.46. The first-order chi connectivity index (χ1) is 8.72. The molecule has 0 saturated heterocycles. The van der Waals surface area contributed by atoms with Gasteiger partial charge in [0.05, 0.1) is 0 Å². The van der Waals surface area contributed by atoms with Crippen molar-refractivity contribution in [3.8, 4) is 0 Å². The van der Waals surface area contributed by atoms with E-state index in [1.54, 1.807) is 0 Å². The van der Waals surface area contributed by atoms with Crippen molar-refractivity contribution in [3.05, 3.63) is 48.6 Å². The van der Waals surface area contributed by atoms with E-state index >= 15 is 0 Å². The molecule has 98 valence electrons. The predicted molar refractivity (Wildman–Crippen MR) is 67.9 cm³/mol. The molecule has 5 heteroatoms. The highest BCUT2D eigenvalue weighted by molar-refractivity contribution is 5.81. The number of carbonyl (C=O) groups excluding carboxylic acids is 2. The molecule has 5 nitrogen and oxygen atoms in total. The van der Waals surface area contributed by atoms with Crippen LogP contribution >= 0.6 is 0 Å². The number of rotatable bonds is 6. The fourth-order valence-corrected chi connectivity index (χ4v) is 1.16. The summed E-state index contributed by atoms with van der Waals surface area (Å²) < 4.78 is 9.44. The molecule has 0 bridgehead atoms. The van der Waals surface area contributed by atoms with Crippen LogP contribution in [0.2, 0.25) is 0 Å². The number of alkyl carbamates (subject to hydrolysis) is 1. The third-order valence-corrected chi connectivity index (χ3v) is 2.01. The van der Waals surface area contributed by atoms with Gasteiger partial charge in [0.2, 0.25) is 0 Å². The maximum Gasteiger partial charge on any atom is 0.407 e. The van der Waals surface area contributed by atoms with E-state index in [4.69, 9.17) is 4.74 Å². The van der Waals surface area contributed by atoms with Crippen molar-refractivity contribution in [2.45, 2.75) is 6.54 Å². The number of amides is 1. The summed E-state index contributed by atoms with van der Waals surface area (Å²) in [5.41, 5.74) is 0.979. The topological polar surface area (TPSA) is 64.6 Å². The van der Waals surface area contributed by atoms with Crippen LogP contribution in [-0.4, -0.2) is 25.3 Å². The van der Waals surface area contributed by atoms with E-state index in [9.17, 15) is 9.59 Å². The highest BCUT2D eigenvalue weighted by atomic mass is 16.6. The van der Waals surface area contributed by atoms with Crippen LogP contribution in [0.5, 0.6) is 0 Å². The molecular formula is C13H17NO4. The average molecular weight is 251 g/mol. The maximum absolute atomic E-state index is 11.2. The van der Waals surface area contributed by atoms with E-state index in [2.05, 4.69) is 16.6 Å². The molecule has 0 unspecified atom stereocenters. The number of ether oxygens (including phenoxy) is 2. The highest BCUT2D eigenvalue weighted by Gasteiger charge is 2.02. The molecule has 0 saturated carbocycles. The lowest BCUT2D eigenvalue weighted by molar-refractivity contribution is -0.138. The molecule has 0 aliphatic heterocycles. The Morgan fingerprint density at radius 3 is 2.56 bits per heavy atom. The van der Waals surface area contributed by atoms with E-state index in [0.717, 1.165) is 11.6 Å². The lowest BCUT2D eigenvalue weighted by atomic mass is 10.2. The molecule has 0 atom stereocenters. The quantitative estimate of drug-likeness (QED) is 0.476. The monoisotopic (exact) mass is 251 g/mol. The number of esters is 1. The van der Waals surface area contributed by atoms with Crippen molar-refractivity contribution >= 4 is 12.1 Å². The molecular weight excluding hydrogens is 234 g/mol. The van der Waals surface area contributed by atoms with Crippen LogP contribution < -0.4 is 5.32 Å². The molecule has 1 aromatic carbocycles. The van der Waals surface area contributed by atoms with E-state index in [1.165, 1.54) is 0 Å². The molecule has 0 heterocycles. The van der Waals surface area contributed by atoms with E-state index in [-0.39, 0.29) is 14.6 Å². The van der Waals surface area contributed by atoms with E-state index < -0.39 is 12.1 Å². The number of carbonyl (C=O) groups is 2. The Morgan fingerprint density at radius 1 is 1.22 bits per heavy atom. The van der Waals surface area contributed by atoms with Crippen LogP contribution in [0.15, 0.2) is 43.0 Å². The lowest BCUT2D eigenvalue weighted by Crippen LogP contribution is -2.25. The Hall–Kier alpha value is -2.30. The highest BCUT2D eigenvalue weighted by Crippen LogP contribution is 1.97. The molecule has 1 N–H and O–H groups in total. The van der Waals surface area contributed by atoms with E-state index in [1.807, 2.05) is 30.3 Å². The summed E-state index contributed by atoms with van der Waals surface area (Å²) in [5.74, 6) is -0.539. The third kappa shape index (κ3) is 5.69. The lowest BCUT2D eigenvalue weighted by Gasteiger charge is -2.07. The zero-order valence-corrected chi connectivity index (χ0v) is 9.93. The number of hydrogen-bond acceptors (Lipinski definition) is 4. The van der Waals surface area contributed by atoms with Gasteiger partial charge in [0.15, 0.2) is 0 Å². The number of nitrogens with one attached hydrogen (secondary N) is 1. The van der Waals surface area contributed by atoms with E-state index in [0.29, 0.717) is 6.54 Å². The van der Waals surface area contributed by atoms with Crippen LogP contribution in [0.25, 0.3) is 0 Å². The number of benzene rings is 1. The molecule has 1 aromatic rings. The third-order valence-electron chi connectivity index (χ3n) is 2.01. The normalized spacial score (nSPS) is 9.33. The summed E-state index contributed by atoms with van der Waals surface area (Å²) in [6.07, 6.45) is 0.503. The first kappa shape index (κ1) is 13.8. The minimum Gasteiger partial charge on any atom is -0.459 e. The SMILES string of the molecule is C=CC(=O)OCCOC(=O)NCc1ccccc1.[HH]. The van der Waals surface area contributed by atoms with Crippen LogP contribution in [0.4, 0.5) is 4.79 Å². The van der Waals surface area contributed by atoms with Gasteiger partial charge in [-0.2, -0.15) is 0 Å². The van der Waals surface area contributed by atoms with Gasteiger partial charge in [-0.3, -0.25) is 0 Å². The van der Waals surface area contributed by atoms with Gasteiger partial charge in [-0.05, 0) is 5.56 Å². The summed E-state index contributed by atoms with van der Waals surface area (Å²) in [5, 5.41) is 2.58. The van der Waals surface area contributed by atoms with Crippen LogP contribution in [0, 0.1) is 0 Å². The molecule has 1 rings (SSSR count). The molecule has 0 radical (unpaired) electrons. The minimum absolute atomic E-state index is 0. The van der Waals surface area contributed by atoms with Crippen LogP contribution in [-0.2, 0) is 20.8 Å². The van der Waals surface area contributed by atoms with Crippen molar-refractivity contribution in [3.63, 3.8) is 0 Å². The minimum atomic E-state index is -0.548. The fraction of sp³-hybridized carbons (Fsp3) is 0.231. The standard InChI is InChI=1S/C13H15NO4.H2/c1-2-12(15)17-8-9-18-13(16)14-10-11-6-4-3-5-7-11;/h2-7H,1,8-10H2,(H,14,16);1H. The molecule has 0 aromatic heterocycles. The van der Waals surface area contributed by atoms with Crippen molar-refractivity contribution < 1.29 is 20.5 Å². The summed E-state index contributed by atoms with van der Waals surface area (Å²) >= 11 is 0. The molecule has 18 heavy (non-hydrogen) atoms. The Kier molecular flexibility index (Phi) is 6.03. The second kappa shape index (κ2) is 7.89. The Balaban J connectivity index is 0.00000324. The Morgan fingerprint density at radius 2 is 1.89 bits per heavy atom. The molecule has 0 spiro atoms. The van der Waals surface area contributed by atoms with Gasteiger partial charge in [0.25, 0.3) is 0 Å². The number of hydrogen-bond donors (Lipinski definition) is 1. The average Bonchev–Trinajstić information content (AvgIpc) is 2.42. The smallest absolute Gasteiger partial charge is 0.407 e. The molecule has 0 fully saturated rings.